The predicted octanol–water partition coefficient (Wildman–Crippen LogP) is 3.04. The Kier molecular flexibility index (Phi) is 4.41. The lowest BCUT2D eigenvalue weighted by molar-refractivity contribution is 0.0962. The Hall–Kier alpha value is -3.87. The number of nitrogens with zero attached hydrogens (tertiary/aromatic N) is 2. The standard InChI is InChI=1S/C21H13FN2O4/c22-15-6-8-19-14(10-15)11-16(21(27)28-19)18(25)12-24-20(26)9-7-17(23-24)13-4-2-1-3-5-13/h1-11H,12H2. The average Bonchev–Trinajstić information content (AvgIpc) is 2.70. The molecular weight excluding hydrogens is 363 g/mol. The maximum atomic E-state index is 13.4. The van der Waals surface area contributed by atoms with E-state index in [0.717, 1.165) is 22.4 Å². The summed E-state index contributed by atoms with van der Waals surface area (Å²) in [4.78, 5) is 36.9. The van der Waals surface area contributed by atoms with Crippen LogP contribution in [0.4, 0.5) is 4.39 Å². The van der Waals surface area contributed by atoms with Crippen molar-refractivity contribution in [3.05, 3.63) is 98.9 Å². The highest BCUT2D eigenvalue weighted by Crippen LogP contribution is 2.16. The molecule has 2 aromatic heterocycles. The Balaban J connectivity index is 1.71. The number of halogens is 1. The van der Waals surface area contributed by atoms with Crippen LogP contribution in [0.3, 0.4) is 0 Å². The van der Waals surface area contributed by atoms with Gasteiger partial charge in [0.15, 0.2) is 5.78 Å². The molecule has 138 valence electrons. The maximum Gasteiger partial charge on any atom is 0.347 e. The lowest BCUT2D eigenvalue weighted by Crippen LogP contribution is -2.28. The van der Waals surface area contributed by atoms with Crippen LogP contribution in [-0.4, -0.2) is 15.6 Å². The van der Waals surface area contributed by atoms with Crippen molar-refractivity contribution in [2.24, 2.45) is 0 Å². The topological polar surface area (TPSA) is 82.2 Å². The van der Waals surface area contributed by atoms with E-state index in [0.29, 0.717) is 5.69 Å². The van der Waals surface area contributed by atoms with Crippen molar-refractivity contribution < 1.29 is 13.6 Å². The predicted molar refractivity (Wildman–Crippen MR) is 101 cm³/mol. The van der Waals surface area contributed by atoms with Gasteiger partial charge in [-0.2, -0.15) is 5.10 Å². The Morgan fingerprint density at radius 3 is 2.57 bits per heavy atom. The number of rotatable bonds is 4. The molecular formula is C21H13FN2O4. The molecule has 0 aliphatic heterocycles. The number of hydrogen-bond donors (Lipinski definition) is 0. The highest BCUT2D eigenvalue weighted by atomic mass is 19.1. The molecule has 2 aromatic carbocycles. The first-order chi connectivity index (χ1) is 13.5. The molecule has 2 heterocycles. The third-order valence-electron chi connectivity index (χ3n) is 4.22. The number of ketones is 1. The Morgan fingerprint density at radius 1 is 1.00 bits per heavy atom. The van der Waals surface area contributed by atoms with E-state index in [1.807, 2.05) is 30.3 Å². The van der Waals surface area contributed by atoms with E-state index in [4.69, 9.17) is 4.42 Å². The number of aromatic nitrogens is 2. The molecule has 0 amide bonds. The maximum absolute atomic E-state index is 13.4. The summed E-state index contributed by atoms with van der Waals surface area (Å²) in [6.45, 7) is -0.439. The zero-order valence-corrected chi connectivity index (χ0v) is 14.5. The number of benzene rings is 2. The van der Waals surface area contributed by atoms with Crippen molar-refractivity contribution in [3.8, 4) is 11.3 Å². The Labute approximate surface area is 157 Å². The SMILES string of the molecule is O=C(Cn1nc(-c2ccccc2)ccc1=O)c1cc2cc(F)ccc2oc1=O. The molecule has 0 N–H and O–H groups in total. The summed E-state index contributed by atoms with van der Waals surface area (Å²) < 4.78 is 19.5. The van der Waals surface area contributed by atoms with Gasteiger partial charge in [0.25, 0.3) is 5.56 Å². The minimum Gasteiger partial charge on any atom is -0.422 e. The van der Waals surface area contributed by atoms with Crippen LogP contribution in [-0.2, 0) is 6.54 Å². The second-order valence-electron chi connectivity index (χ2n) is 6.13. The van der Waals surface area contributed by atoms with Gasteiger partial charge < -0.3 is 4.42 Å². The van der Waals surface area contributed by atoms with E-state index in [2.05, 4.69) is 5.10 Å². The number of carbonyl (C=O) groups is 1. The summed E-state index contributed by atoms with van der Waals surface area (Å²) in [5, 5.41) is 4.48. The first kappa shape index (κ1) is 17.5. The van der Waals surface area contributed by atoms with Crippen LogP contribution in [0.1, 0.15) is 10.4 Å². The number of fused-ring (bicyclic) bond motifs is 1. The highest BCUT2D eigenvalue weighted by molar-refractivity contribution is 5.98. The van der Waals surface area contributed by atoms with Crippen molar-refractivity contribution in [2.75, 3.05) is 0 Å². The molecule has 0 radical (unpaired) electrons. The van der Waals surface area contributed by atoms with Crippen molar-refractivity contribution in [3.63, 3.8) is 0 Å². The van der Waals surface area contributed by atoms with Gasteiger partial charge in [-0.3, -0.25) is 9.59 Å². The molecule has 6 nitrogen and oxygen atoms in total. The monoisotopic (exact) mass is 376 g/mol. The van der Waals surface area contributed by atoms with Crippen molar-refractivity contribution in [1.82, 2.24) is 9.78 Å². The Morgan fingerprint density at radius 2 is 1.79 bits per heavy atom. The van der Waals surface area contributed by atoms with Crippen LogP contribution in [0.2, 0.25) is 0 Å². The fourth-order valence-corrected chi connectivity index (χ4v) is 2.83. The van der Waals surface area contributed by atoms with Gasteiger partial charge in [0.2, 0.25) is 0 Å². The van der Waals surface area contributed by atoms with Crippen LogP contribution in [0.15, 0.2) is 80.7 Å². The average molecular weight is 376 g/mol. The molecule has 7 heteroatoms. The van der Waals surface area contributed by atoms with Crippen molar-refractivity contribution in [2.45, 2.75) is 6.54 Å². The molecule has 0 saturated heterocycles. The highest BCUT2D eigenvalue weighted by Gasteiger charge is 2.16. The molecule has 4 aromatic rings. The molecule has 0 bridgehead atoms. The second kappa shape index (κ2) is 7.03. The summed E-state index contributed by atoms with van der Waals surface area (Å²) in [5.74, 6) is -1.17. The molecule has 4 rings (SSSR count). The van der Waals surface area contributed by atoms with Crippen LogP contribution < -0.4 is 11.2 Å². The minimum absolute atomic E-state index is 0.171. The molecule has 0 fully saturated rings. The molecule has 28 heavy (non-hydrogen) atoms. The lowest BCUT2D eigenvalue weighted by Gasteiger charge is -2.07. The van der Waals surface area contributed by atoms with E-state index < -0.39 is 29.3 Å². The molecule has 0 saturated carbocycles. The zero-order chi connectivity index (χ0) is 19.7. The van der Waals surface area contributed by atoms with Gasteiger partial charge in [-0.15, -0.1) is 0 Å². The van der Waals surface area contributed by atoms with E-state index in [-0.39, 0.29) is 16.5 Å². The van der Waals surface area contributed by atoms with Gasteiger partial charge in [0.1, 0.15) is 23.5 Å². The van der Waals surface area contributed by atoms with Gasteiger partial charge in [-0.1, -0.05) is 30.3 Å². The van der Waals surface area contributed by atoms with Crippen molar-refractivity contribution >= 4 is 16.8 Å². The van der Waals surface area contributed by atoms with Gasteiger partial charge in [-0.25, -0.2) is 13.9 Å². The minimum atomic E-state index is -0.851. The van der Waals surface area contributed by atoms with Gasteiger partial charge in [0, 0.05) is 17.0 Å². The Bertz CT molecular complexity index is 1310. The van der Waals surface area contributed by atoms with Crippen molar-refractivity contribution in [1.29, 1.82) is 0 Å². The van der Waals surface area contributed by atoms with Crippen LogP contribution >= 0.6 is 0 Å². The third-order valence-corrected chi connectivity index (χ3v) is 4.22. The molecule has 0 aliphatic carbocycles. The quantitative estimate of drug-likeness (QED) is 0.404. The number of Topliss-reactive ketones (excluding diaryl/α,β-unsaturated/α-hetero) is 1. The first-order valence-electron chi connectivity index (χ1n) is 8.41. The van der Waals surface area contributed by atoms with Gasteiger partial charge >= 0.3 is 5.63 Å². The fourth-order valence-electron chi connectivity index (χ4n) is 2.83. The molecule has 0 unspecified atom stereocenters. The second-order valence-corrected chi connectivity index (χ2v) is 6.13. The van der Waals surface area contributed by atoms with Crippen LogP contribution in [0.5, 0.6) is 0 Å². The fraction of sp³-hybridized carbons (Fsp3) is 0.0476. The van der Waals surface area contributed by atoms with Gasteiger partial charge in [-0.05, 0) is 30.3 Å². The number of hydrogen-bond acceptors (Lipinski definition) is 5. The zero-order valence-electron chi connectivity index (χ0n) is 14.5. The van der Waals surface area contributed by atoms with E-state index in [1.54, 1.807) is 6.07 Å². The van der Waals surface area contributed by atoms with Gasteiger partial charge in [0.05, 0.1) is 5.69 Å². The summed E-state index contributed by atoms with van der Waals surface area (Å²) in [7, 11) is 0. The van der Waals surface area contributed by atoms with E-state index in [1.165, 1.54) is 18.2 Å². The van der Waals surface area contributed by atoms with E-state index in [9.17, 15) is 18.8 Å². The lowest BCUT2D eigenvalue weighted by atomic mass is 10.1. The van der Waals surface area contributed by atoms with E-state index >= 15 is 0 Å². The molecule has 0 spiro atoms. The van der Waals surface area contributed by atoms with Crippen LogP contribution in [0.25, 0.3) is 22.2 Å². The summed E-state index contributed by atoms with van der Waals surface area (Å²) in [5.41, 5.74) is -0.133. The summed E-state index contributed by atoms with van der Waals surface area (Å²) >= 11 is 0. The number of carbonyl (C=O) groups excluding carboxylic acids is 1. The molecule has 0 aliphatic rings. The van der Waals surface area contributed by atoms with Crippen LogP contribution in [0, 0.1) is 5.82 Å². The normalized spacial score (nSPS) is 10.9. The third kappa shape index (κ3) is 3.37. The summed E-state index contributed by atoms with van der Waals surface area (Å²) in [6.07, 6.45) is 0. The largest absolute Gasteiger partial charge is 0.422 e. The summed E-state index contributed by atoms with van der Waals surface area (Å²) in [6, 6.07) is 16.9. The first-order valence-corrected chi connectivity index (χ1v) is 8.41. The smallest absolute Gasteiger partial charge is 0.347 e. The molecule has 0 atom stereocenters.